The van der Waals surface area contributed by atoms with Crippen molar-refractivity contribution in [2.75, 3.05) is 0 Å². The van der Waals surface area contributed by atoms with Gasteiger partial charge in [-0.2, -0.15) is 26.3 Å². The number of carbonyl (C=O) groups is 1. The van der Waals surface area contributed by atoms with E-state index in [1.807, 2.05) is 0 Å². The van der Waals surface area contributed by atoms with Crippen LogP contribution in [0, 0.1) is 5.82 Å². The number of benzene rings is 1. The molecule has 10 heteroatoms. The molecule has 0 bridgehead atoms. The number of carbonyl (C=O) groups excluding carboxylic acids is 1. The molecule has 1 aromatic carbocycles. The Morgan fingerprint density at radius 2 is 1.50 bits per heavy atom. The van der Waals surface area contributed by atoms with E-state index in [-0.39, 0.29) is 11.6 Å². The van der Waals surface area contributed by atoms with Crippen LogP contribution in [0.4, 0.5) is 30.7 Å². The minimum Gasteiger partial charge on any atom is -0.507 e. The molecule has 0 amide bonds. The average molecular weight is 332 g/mol. The molecule has 0 saturated heterocycles. The van der Waals surface area contributed by atoms with Gasteiger partial charge in [-0.15, -0.1) is 0 Å². The molecule has 0 atom stereocenters. The van der Waals surface area contributed by atoms with Crippen LogP contribution in [0.2, 0.25) is 0 Å². The first-order valence-electron chi connectivity index (χ1n) is 5.42. The van der Waals surface area contributed by atoms with Crippen molar-refractivity contribution in [2.45, 2.75) is 18.5 Å². The van der Waals surface area contributed by atoms with Gasteiger partial charge >= 0.3 is 18.3 Å². The molecule has 0 fully saturated rings. The number of esters is 1. The predicted molar refractivity (Wildman–Crippen MR) is 59.0 cm³/mol. The molecule has 1 aromatic rings. The van der Waals surface area contributed by atoms with E-state index in [4.69, 9.17) is 0 Å². The van der Waals surface area contributed by atoms with Gasteiger partial charge in [0.25, 0.3) is 6.10 Å². The summed E-state index contributed by atoms with van der Waals surface area (Å²) in [6.45, 7) is 0. The van der Waals surface area contributed by atoms with Gasteiger partial charge in [-0.05, 0) is 24.3 Å². The van der Waals surface area contributed by atoms with Crippen LogP contribution >= 0.6 is 0 Å². The Kier molecular flexibility index (Phi) is 5.05. The molecule has 122 valence electrons. The van der Waals surface area contributed by atoms with E-state index in [0.29, 0.717) is 0 Å². The average Bonchev–Trinajstić information content (AvgIpc) is 2.34. The second kappa shape index (κ2) is 6.24. The fourth-order valence-electron chi connectivity index (χ4n) is 1.28. The first kappa shape index (κ1) is 17.8. The van der Waals surface area contributed by atoms with E-state index in [1.165, 1.54) is 0 Å². The molecule has 0 aliphatic heterocycles. The Labute approximate surface area is 118 Å². The Morgan fingerprint density at radius 3 is 1.91 bits per heavy atom. The number of aliphatic hydroxyl groups is 1. The van der Waals surface area contributed by atoms with Crippen LogP contribution < -0.4 is 0 Å². The summed E-state index contributed by atoms with van der Waals surface area (Å²) in [5.41, 5.74) is -0.200. The highest BCUT2D eigenvalue weighted by atomic mass is 19.4. The molecule has 0 aliphatic rings. The van der Waals surface area contributed by atoms with Gasteiger partial charge < -0.3 is 9.84 Å². The van der Waals surface area contributed by atoms with Crippen LogP contribution in [0.15, 0.2) is 30.3 Å². The summed E-state index contributed by atoms with van der Waals surface area (Å²) in [5, 5.41) is 9.38. The topological polar surface area (TPSA) is 46.5 Å². The van der Waals surface area contributed by atoms with Gasteiger partial charge in [0.2, 0.25) is 0 Å². The largest absolute Gasteiger partial charge is 0.507 e. The normalized spacial score (nSPS) is 13.4. The van der Waals surface area contributed by atoms with Crippen molar-refractivity contribution >= 4 is 11.7 Å². The van der Waals surface area contributed by atoms with E-state index >= 15 is 0 Å². The lowest BCUT2D eigenvalue weighted by atomic mass is 10.2. The molecular formula is C12H7F7O3. The first-order chi connectivity index (χ1) is 9.91. The maximum atomic E-state index is 12.6. The van der Waals surface area contributed by atoms with E-state index in [1.54, 1.807) is 0 Å². The third kappa shape index (κ3) is 4.93. The van der Waals surface area contributed by atoms with Gasteiger partial charge in [0.1, 0.15) is 11.6 Å². The Bertz CT molecular complexity index is 544. The Morgan fingerprint density at radius 1 is 1.05 bits per heavy atom. The molecule has 0 saturated carbocycles. The summed E-state index contributed by atoms with van der Waals surface area (Å²) in [6.07, 6.45) is -16.0. The summed E-state index contributed by atoms with van der Waals surface area (Å²) < 4.78 is 88.9. The molecule has 22 heavy (non-hydrogen) atoms. The van der Waals surface area contributed by atoms with Crippen molar-refractivity contribution in [3.8, 4) is 0 Å². The SMILES string of the molecule is O=C(/C=C(\O)c1ccc(F)cc1)OC(C(F)(F)F)C(F)(F)F. The number of aliphatic hydroxyl groups excluding tert-OH is 1. The van der Waals surface area contributed by atoms with Gasteiger partial charge in [0.15, 0.2) is 0 Å². The fourth-order valence-corrected chi connectivity index (χ4v) is 1.28. The second-order valence-corrected chi connectivity index (χ2v) is 3.94. The van der Waals surface area contributed by atoms with Crippen LogP contribution in [0.3, 0.4) is 0 Å². The Balaban J connectivity index is 2.91. The molecule has 0 heterocycles. The number of hydrogen-bond donors (Lipinski definition) is 1. The quantitative estimate of drug-likeness (QED) is 0.397. The fraction of sp³-hybridized carbons (Fsp3) is 0.250. The summed E-state index contributed by atoms with van der Waals surface area (Å²) >= 11 is 0. The smallest absolute Gasteiger partial charge is 0.434 e. The molecule has 1 N–H and O–H groups in total. The zero-order chi connectivity index (χ0) is 17.1. The van der Waals surface area contributed by atoms with Gasteiger partial charge in [0, 0.05) is 5.56 Å². The van der Waals surface area contributed by atoms with Crippen LogP contribution in [0.5, 0.6) is 0 Å². The third-order valence-corrected chi connectivity index (χ3v) is 2.22. The van der Waals surface area contributed by atoms with Crippen molar-refractivity contribution in [2.24, 2.45) is 0 Å². The highest BCUT2D eigenvalue weighted by Gasteiger charge is 2.59. The summed E-state index contributed by atoms with van der Waals surface area (Å²) in [6, 6.07) is 3.64. The minimum absolute atomic E-state index is 0.0255. The molecule has 3 nitrogen and oxygen atoms in total. The van der Waals surface area contributed by atoms with E-state index in [9.17, 15) is 40.6 Å². The third-order valence-electron chi connectivity index (χ3n) is 2.22. The molecule has 0 aromatic heterocycles. The number of alkyl halides is 6. The molecule has 0 unspecified atom stereocenters. The van der Waals surface area contributed by atoms with Crippen LogP contribution in [-0.2, 0) is 9.53 Å². The Hall–Kier alpha value is -2.26. The van der Waals surface area contributed by atoms with Crippen molar-refractivity contribution in [1.82, 2.24) is 0 Å². The van der Waals surface area contributed by atoms with Crippen molar-refractivity contribution in [3.63, 3.8) is 0 Å². The maximum Gasteiger partial charge on any atom is 0.434 e. The minimum atomic E-state index is -5.85. The molecule has 0 radical (unpaired) electrons. The summed E-state index contributed by atoms with van der Waals surface area (Å²) in [4.78, 5) is 11.1. The van der Waals surface area contributed by atoms with Crippen molar-refractivity contribution in [1.29, 1.82) is 0 Å². The number of halogens is 7. The number of rotatable bonds is 3. The van der Waals surface area contributed by atoms with Gasteiger partial charge in [-0.3, -0.25) is 0 Å². The standard InChI is InChI=1S/C12H7F7O3/c13-7-3-1-6(2-4-7)8(20)5-9(21)22-10(11(14,15)16)12(17,18)19/h1-5,10,20H/b8-5-. The van der Waals surface area contributed by atoms with Crippen molar-refractivity contribution in [3.05, 3.63) is 41.7 Å². The van der Waals surface area contributed by atoms with Gasteiger partial charge in [0.05, 0.1) is 6.08 Å². The van der Waals surface area contributed by atoms with Gasteiger partial charge in [-0.1, -0.05) is 0 Å². The van der Waals surface area contributed by atoms with Gasteiger partial charge in [-0.25, -0.2) is 9.18 Å². The zero-order valence-corrected chi connectivity index (χ0v) is 10.4. The monoisotopic (exact) mass is 332 g/mol. The van der Waals surface area contributed by atoms with E-state index < -0.39 is 36.0 Å². The number of ether oxygens (including phenoxy) is 1. The molecule has 0 aliphatic carbocycles. The molecular weight excluding hydrogens is 325 g/mol. The lowest BCUT2D eigenvalue weighted by Crippen LogP contribution is -2.45. The highest BCUT2D eigenvalue weighted by molar-refractivity contribution is 5.89. The van der Waals surface area contributed by atoms with Crippen LogP contribution in [-0.4, -0.2) is 29.5 Å². The van der Waals surface area contributed by atoms with Crippen LogP contribution in [0.1, 0.15) is 5.56 Å². The lowest BCUT2D eigenvalue weighted by molar-refractivity contribution is -0.312. The zero-order valence-electron chi connectivity index (χ0n) is 10.4. The molecule has 1 rings (SSSR count). The number of hydrogen-bond acceptors (Lipinski definition) is 3. The molecule has 0 spiro atoms. The highest BCUT2D eigenvalue weighted by Crippen LogP contribution is 2.35. The first-order valence-corrected chi connectivity index (χ1v) is 5.42. The summed E-state index contributed by atoms with van der Waals surface area (Å²) in [5.74, 6) is -3.73. The van der Waals surface area contributed by atoms with Crippen LogP contribution in [0.25, 0.3) is 5.76 Å². The van der Waals surface area contributed by atoms with Crippen molar-refractivity contribution < 1.29 is 45.4 Å². The van der Waals surface area contributed by atoms with E-state index in [0.717, 1.165) is 24.3 Å². The van der Waals surface area contributed by atoms with E-state index in [2.05, 4.69) is 4.74 Å². The lowest BCUT2D eigenvalue weighted by Gasteiger charge is -2.22. The second-order valence-electron chi connectivity index (χ2n) is 3.94. The summed E-state index contributed by atoms with van der Waals surface area (Å²) in [7, 11) is 0. The predicted octanol–water partition coefficient (Wildman–Crippen LogP) is 3.76. The maximum absolute atomic E-state index is 12.6.